The van der Waals surface area contributed by atoms with Gasteiger partial charge in [0, 0.05) is 10.9 Å². The van der Waals surface area contributed by atoms with E-state index in [1.165, 1.54) is 6.07 Å². The molecule has 2 N–H and O–H groups in total. The highest BCUT2D eigenvalue weighted by Crippen LogP contribution is 2.41. The molecule has 5 aromatic rings. The van der Waals surface area contributed by atoms with Gasteiger partial charge in [-0.2, -0.15) is 0 Å². The number of rotatable bonds is 3. The first-order chi connectivity index (χ1) is 16.0. The van der Waals surface area contributed by atoms with Gasteiger partial charge in [-0.05, 0) is 57.8 Å². The summed E-state index contributed by atoms with van der Waals surface area (Å²) >= 11 is 0. The summed E-state index contributed by atoms with van der Waals surface area (Å²) in [5.41, 5.74) is 3.92. The molecule has 1 aromatic heterocycles. The van der Waals surface area contributed by atoms with Crippen LogP contribution >= 0.6 is 7.60 Å². The predicted octanol–water partition coefficient (Wildman–Crippen LogP) is 5.25. The summed E-state index contributed by atoms with van der Waals surface area (Å²) < 4.78 is 22.9. The highest BCUT2D eigenvalue weighted by Gasteiger charge is 2.21. The van der Waals surface area contributed by atoms with Crippen LogP contribution in [0.4, 0.5) is 0 Å². The fraction of sp³-hybridized carbons (Fsp3) is 0.0385. The first-order valence-corrected chi connectivity index (χ1v) is 12.0. The van der Waals surface area contributed by atoms with Gasteiger partial charge in [0.15, 0.2) is 16.9 Å². The van der Waals surface area contributed by atoms with Crippen molar-refractivity contribution in [1.82, 2.24) is 4.98 Å². The number of hydrogen-bond donors (Lipinski definition) is 2. The van der Waals surface area contributed by atoms with Crippen molar-refractivity contribution in [2.24, 2.45) is 0 Å². The lowest BCUT2D eigenvalue weighted by molar-refractivity contribution is 0.174. The van der Waals surface area contributed by atoms with Crippen molar-refractivity contribution in [2.45, 2.75) is 0 Å². The molecule has 1 aliphatic rings. The molecule has 7 heteroatoms. The molecule has 0 saturated carbocycles. The summed E-state index contributed by atoms with van der Waals surface area (Å²) in [7, 11) is -4.50. The average Bonchev–Trinajstić information content (AvgIpc) is 3.30. The SMILES string of the molecule is O=P(O)(O)c1ccc2cc(-c3ccc4c(c3)OCO4)cc(-c3cccc4ccccc34)c2n1. The molecular weight excluding hydrogens is 437 g/mol. The third-order valence-corrected chi connectivity index (χ3v) is 6.71. The summed E-state index contributed by atoms with van der Waals surface area (Å²) in [5, 5.41) is 2.89. The third-order valence-electron chi connectivity index (χ3n) is 5.86. The van der Waals surface area contributed by atoms with E-state index in [9.17, 15) is 14.4 Å². The van der Waals surface area contributed by atoms with Crippen LogP contribution in [0.5, 0.6) is 11.5 Å². The zero-order chi connectivity index (χ0) is 22.6. The molecule has 0 amide bonds. The van der Waals surface area contributed by atoms with Gasteiger partial charge in [0.1, 0.15) is 0 Å². The van der Waals surface area contributed by atoms with Crippen LogP contribution in [-0.2, 0) is 4.57 Å². The molecule has 0 atom stereocenters. The highest BCUT2D eigenvalue weighted by molar-refractivity contribution is 7.60. The minimum absolute atomic E-state index is 0.201. The lowest BCUT2D eigenvalue weighted by Gasteiger charge is -2.14. The standard InChI is InChI=1S/C26H18NO5P/c28-33(29,30)25-11-9-18-12-19(17-8-10-23-24(14-17)32-15-31-23)13-22(26(18)27-25)21-7-3-5-16-4-1-2-6-20(16)21/h1-14H,15H2,(H2,28,29,30). The van der Waals surface area contributed by atoms with Gasteiger partial charge in [-0.15, -0.1) is 0 Å². The van der Waals surface area contributed by atoms with Crippen LogP contribution in [0.3, 0.4) is 0 Å². The number of aromatic nitrogens is 1. The summed E-state index contributed by atoms with van der Waals surface area (Å²) in [4.78, 5) is 23.9. The Hall–Kier alpha value is -3.70. The molecule has 0 fully saturated rings. The number of ether oxygens (including phenoxy) is 2. The molecule has 162 valence electrons. The third kappa shape index (κ3) is 3.45. The van der Waals surface area contributed by atoms with Gasteiger partial charge in [-0.1, -0.05) is 54.6 Å². The zero-order valence-electron chi connectivity index (χ0n) is 17.3. The van der Waals surface area contributed by atoms with Crippen LogP contribution < -0.4 is 14.9 Å². The average molecular weight is 455 g/mol. The second-order valence-electron chi connectivity index (χ2n) is 7.90. The van der Waals surface area contributed by atoms with Crippen LogP contribution in [0.25, 0.3) is 43.9 Å². The molecule has 1 aliphatic heterocycles. The second-order valence-corrected chi connectivity index (χ2v) is 9.45. The topological polar surface area (TPSA) is 88.9 Å². The number of hydrogen-bond acceptors (Lipinski definition) is 4. The predicted molar refractivity (Wildman–Crippen MR) is 128 cm³/mol. The van der Waals surface area contributed by atoms with Crippen LogP contribution in [0.1, 0.15) is 0 Å². The fourth-order valence-corrected chi connectivity index (χ4v) is 4.79. The Morgan fingerprint density at radius 1 is 0.727 bits per heavy atom. The minimum Gasteiger partial charge on any atom is -0.454 e. The maximum atomic E-state index is 11.9. The van der Waals surface area contributed by atoms with Crippen molar-refractivity contribution in [3.8, 4) is 33.8 Å². The van der Waals surface area contributed by atoms with Crippen molar-refractivity contribution < 1.29 is 23.8 Å². The van der Waals surface area contributed by atoms with E-state index in [1.54, 1.807) is 6.07 Å². The van der Waals surface area contributed by atoms with Crippen molar-refractivity contribution >= 4 is 34.7 Å². The second kappa shape index (κ2) is 7.42. The Kier molecular flexibility index (Phi) is 4.49. The molecule has 0 spiro atoms. The van der Waals surface area contributed by atoms with Crippen molar-refractivity contribution in [3.63, 3.8) is 0 Å². The molecule has 0 bridgehead atoms. The molecule has 4 aromatic carbocycles. The summed E-state index contributed by atoms with van der Waals surface area (Å²) in [6.07, 6.45) is 0. The first kappa shape index (κ1) is 19.9. The molecular formula is C26H18NO5P. The van der Waals surface area contributed by atoms with E-state index in [0.717, 1.165) is 38.4 Å². The van der Waals surface area contributed by atoms with Crippen molar-refractivity contribution in [2.75, 3.05) is 6.79 Å². The highest BCUT2D eigenvalue weighted by atomic mass is 31.2. The van der Waals surface area contributed by atoms with Gasteiger partial charge < -0.3 is 19.3 Å². The van der Waals surface area contributed by atoms with E-state index < -0.39 is 7.60 Å². The summed E-state index contributed by atoms with van der Waals surface area (Å²) in [6, 6.07) is 26.9. The number of benzene rings is 4. The molecule has 0 unspecified atom stereocenters. The van der Waals surface area contributed by atoms with Crippen LogP contribution in [0, 0.1) is 0 Å². The molecule has 2 heterocycles. The van der Waals surface area contributed by atoms with Crippen LogP contribution in [-0.4, -0.2) is 21.6 Å². The monoisotopic (exact) mass is 455 g/mol. The molecule has 0 aliphatic carbocycles. The normalized spacial score (nSPS) is 13.0. The largest absolute Gasteiger partial charge is 0.454 e. The maximum absolute atomic E-state index is 11.9. The van der Waals surface area contributed by atoms with Gasteiger partial charge in [-0.25, -0.2) is 4.98 Å². The van der Waals surface area contributed by atoms with Gasteiger partial charge in [-0.3, -0.25) is 4.57 Å². The van der Waals surface area contributed by atoms with E-state index in [4.69, 9.17) is 9.47 Å². The van der Waals surface area contributed by atoms with Gasteiger partial charge in [0.25, 0.3) is 0 Å². The van der Waals surface area contributed by atoms with E-state index in [2.05, 4.69) is 4.98 Å². The van der Waals surface area contributed by atoms with E-state index in [0.29, 0.717) is 17.0 Å². The molecule has 0 radical (unpaired) electrons. The minimum atomic E-state index is -4.50. The number of fused-ring (bicyclic) bond motifs is 3. The summed E-state index contributed by atoms with van der Waals surface area (Å²) in [6.45, 7) is 0.201. The van der Waals surface area contributed by atoms with Gasteiger partial charge in [0.05, 0.1) is 5.52 Å². The Morgan fingerprint density at radius 3 is 2.42 bits per heavy atom. The lowest BCUT2D eigenvalue weighted by atomic mass is 9.92. The van der Waals surface area contributed by atoms with E-state index in [1.807, 2.05) is 72.8 Å². The van der Waals surface area contributed by atoms with E-state index in [-0.39, 0.29) is 12.2 Å². The molecule has 6 rings (SSSR count). The van der Waals surface area contributed by atoms with Gasteiger partial charge in [0.2, 0.25) is 6.79 Å². The van der Waals surface area contributed by atoms with Crippen LogP contribution in [0.15, 0.2) is 84.9 Å². The molecule has 0 saturated heterocycles. The number of nitrogens with zero attached hydrogens (tertiary/aromatic N) is 1. The lowest BCUT2D eigenvalue weighted by Crippen LogP contribution is -2.09. The summed E-state index contributed by atoms with van der Waals surface area (Å²) in [5.74, 6) is 1.40. The Balaban J connectivity index is 1.66. The molecule has 33 heavy (non-hydrogen) atoms. The maximum Gasteiger partial charge on any atom is 0.374 e. The first-order valence-electron chi connectivity index (χ1n) is 10.4. The zero-order valence-corrected chi connectivity index (χ0v) is 18.2. The van der Waals surface area contributed by atoms with E-state index >= 15 is 0 Å². The number of pyridine rings is 1. The smallest absolute Gasteiger partial charge is 0.374 e. The van der Waals surface area contributed by atoms with Crippen molar-refractivity contribution in [1.29, 1.82) is 0 Å². The van der Waals surface area contributed by atoms with Crippen molar-refractivity contribution in [3.05, 3.63) is 84.9 Å². The molecule has 6 nitrogen and oxygen atoms in total. The van der Waals surface area contributed by atoms with Gasteiger partial charge >= 0.3 is 7.60 Å². The Bertz CT molecular complexity index is 1600. The Morgan fingerprint density at radius 2 is 1.55 bits per heavy atom. The van der Waals surface area contributed by atoms with Crippen LogP contribution in [0.2, 0.25) is 0 Å². The quantitative estimate of drug-likeness (QED) is 0.361. The Labute approximate surface area is 189 Å². The fourth-order valence-electron chi connectivity index (χ4n) is 4.30.